The summed E-state index contributed by atoms with van der Waals surface area (Å²) in [6.07, 6.45) is 5.66. The van der Waals surface area contributed by atoms with E-state index < -0.39 is 0 Å². The van der Waals surface area contributed by atoms with Gasteiger partial charge in [0.05, 0.1) is 13.2 Å². The van der Waals surface area contributed by atoms with Crippen molar-refractivity contribution in [1.29, 1.82) is 0 Å². The third-order valence-corrected chi connectivity index (χ3v) is 4.05. The number of nitrogens with zero attached hydrogens (tertiary/aromatic N) is 1. The molecular formula is C20H28N2O4. The van der Waals surface area contributed by atoms with Gasteiger partial charge in [-0.15, -0.1) is 0 Å². The molecule has 1 aromatic rings. The van der Waals surface area contributed by atoms with Crippen LogP contribution in [0, 0.1) is 0 Å². The van der Waals surface area contributed by atoms with Crippen molar-refractivity contribution in [3.05, 3.63) is 29.8 Å². The van der Waals surface area contributed by atoms with E-state index in [-0.39, 0.29) is 17.9 Å². The Morgan fingerprint density at radius 1 is 1.35 bits per heavy atom. The number of carbonyl (C=O) groups is 2. The van der Waals surface area contributed by atoms with Gasteiger partial charge in [0, 0.05) is 32.1 Å². The monoisotopic (exact) mass is 360 g/mol. The molecule has 0 spiro atoms. The number of likely N-dealkylation sites (tertiary alicyclic amines) is 1. The van der Waals surface area contributed by atoms with Gasteiger partial charge in [-0.05, 0) is 50.5 Å². The van der Waals surface area contributed by atoms with Gasteiger partial charge in [-0.25, -0.2) is 0 Å². The number of amides is 2. The molecule has 0 bridgehead atoms. The maximum atomic E-state index is 11.9. The summed E-state index contributed by atoms with van der Waals surface area (Å²) in [4.78, 5) is 25.3. The first-order chi connectivity index (χ1) is 12.5. The van der Waals surface area contributed by atoms with Gasteiger partial charge >= 0.3 is 0 Å². The fourth-order valence-corrected chi connectivity index (χ4v) is 2.79. The van der Waals surface area contributed by atoms with E-state index in [1.165, 1.54) is 6.08 Å². The van der Waals surface area contributed by atoms with Crippen LogP contribution >= 0.6 is 0 Å². The summed E-state index contributed by atoms with van der Waals surface area (Å²) in [6.45, 7) is 6.01. The van der Waals surface area contributed by atoms with Gasteiger partial charge in [-0.2, -0.15) is 0 Å². The second-order valence-electron chi connectivity index (χ2n) is 6.54. The Morgan fingerprint density at radius 3 is 2.81 bits per heavy atom. The van der Waals surface area contributed by atoms with Crippen molar-refractivity contribution in [2.75, 3.05) is 26.7 Å². The lowest BCUT2D eigenvalue weighted by molar-refractivity contribution is -0.127. The molecule has 0 aromatic heterocycles. The lowest BCUT2D eigenvalue weighted by Gasteiger charge is -2.15. The van der Waals surface area contributed by atoms with E-state index in [1.807, 2.05) is 36.9 Å². The average molecular weight is 360 g/mol. The van der Waals surface area contributed by atoms with Gasteiger partial charge in [0.25, 0.3) is 0 Å². The van der Waals surface area contributed by atoms with E-state index in [9.17, 15) is 9.59 Å². The van der Waals surface area contributed by atoms with Crippen molar-refractivity contribution in [3.8, 4) is 11.5 Å². The summed E-state index contributed by atoms with van der Waals surface area (Å²) in [7, 11) is 1.59. The SMILES string of the molecule is COc1cc(/C=C/C(=O)NCCCN2CCCC2=O)ccc1OC(C)C. The Balaban J connectivity index is 1.78. The lowest BCUT2D eigenvalue weighted by atomic mass is 10.2. The Labute approximate surface area is 155 Å². The first kappa shape index (κ1) is 19.8. The van der Waals surface area contributed by atoms with Crippen molar-refractivity contribution in [1.82, 2.24) is 10.2 Å². The summed E-state index contributed by atoms with van der Waals surface area (Å²) in [5.74, 6) is 1.38. The quantitative estimate of drug-likeness (QED) is 0.543. The minimum absolute atomic E-state index is 0.0620. The molecule has 1 aliphatic heterocycles. The second-order valence-corrected chi connectivity index (χ2v) is 6.54. The topological polar surface area (TPSA) is 67.9 Å². The minimum Gasteiger partial charge on any atom is -0.493 e. The highest BCUT2D eigenvalue weighted by Crippen LogP contribution is 2.29. The van der Waals surface area contributed by atoms with Crippen molar-refractivity contribution < 1.29 is 19.1 Å². The van der Waals surface area contributed by atoms with E-state index in [1.54, 1.807) is 13.2 Å². The second kappa shape index (κ2) is 9.85. The van der Waals surface area contributed by atoms with Crippen LogP contribution in [0.15, 0.2) is 24.3 Å². The van der Waals surface area contributed by atoms with Crippen LogP contribution in [-0.2, 0) is 9.59 Å². The molecule has 0 aliphatic carbocycles. The first-order valence-corrected chi connectivity index (χ1v) is 9.08. The molecule has 1 fully saturated rings. The standard InChI is InChI=1S/C20H28N2O4/c1-15(2)26-17-9-7-16(14-18(17)25-3)8-10-19(23)21-11-5-13-22-12-4-6-20(22)24/h7-10,14-15H,4-6,11-13H2,1-3H3,(H,21,23)/b10-8+. The Hall–Kier alpha value is -2.50. The molecule has 1 heterocycles. The highest BCUT2D eigenvalue weighted by atomic mass is 16.5. The smallest absolute Gasteiger partial charge is 0.244 e. The lowest BCUT2D eigenvalue weighted by Crippen LogP contribution is -2.29. The maximum Gasteiger partial charge on any atom is 0.244 e. The normalized spacial score (nSPS) is 14.3. The van der Waals surface area contributed by atoms with Crippen LogP contribution in [0.5, 0.6) is 11.5 Å². The van der Waals surface area contributed by atoms with Gasteiger partial charge in [0.1, 0.15) is 0 Å². The number of benzene rings is 1. The molecular weight excluding hydrogens is 332 g/mol. The third kappa shape index (κ3) is 6.10. The summed E-state index contributed by atoms with van der Waals surface area (Å²) in [5.41, 5.74) is 0.857. The summed E-state index contributed by atoms with van der Waals surface area (Å²) < 4.78 is 11.0. The molecule has 2 amide bonds. The number of ether oxygens (including phenoxy) is 2. The van der Waals surface area contributed by atoms with E-state index in [0.717, 1.165) is 24.9 Å². The fourth-order valence-electron chi connectivity index (χ4n) is 2.79. The molecule has 0 radical (unpaired) electrons. The average Bonchev–Trinajstić information content (AvgIpc) is 3.02. The van der Waals surface area contributed by atoms with Crippen molar-refractivity contribution in [2.24, 2.45) is 0 Å². The predicted octanol–water partition coefficient (Wildman–Crippen LogP) is 2.62. The molecule has 1 saturated heterocycles. The summed E-state index contributed by atoms with van der Waals surface area (Å²) in [6, 6.07) is 5.55. The molecule has 1 aliphatic rings. The summed E-state index contributed by atoms with van der Waals surface area (Å²) >= 11 is 0. The van der Waals surface area contributed by atoms with Gasteiger partial charge in [-0.1, -0.05) is 6.07 Å². The van der Waals surface area contributed by atoms with Crippen LogP contribution in [0.3, 0.4) is 0 Å². The number of methoxy groups -OCH3 is 1. The predicted molar refractivity (Wildman–Crippen MR) is 101 cm³/mol. The van der Waals surface area contributed by atoms with Crippen LogP contribution < -0.4 is 14.8 Å². The summed E-state index contributed by atoms with van der Waals surface area (Å²) in [5, 5.41) is 2.84. The van der Waals surface area contributed by atoms with Crippen LogP contribution in [0.1, 0.15) is 38.7 Å². The Kier molecular flexibility index (Phi) is 7.51. The van der Waals surface area contributed by atoms with Crippen LogP contribution in [0.4, 0.5) is 0 Å². The third-order valence-electron chi connectivity index (χ3n) is 4.05. The number of carbonyl (C=O) groups excluding carboxylic acids is 2. The van der Waals surface area contributed by atoms with E-state index >= 15 is 0 Å². The molecule has 1 aromatic carbocycles. The zero-order valence-electron chi connectivity index (χ0n) is 15.8. The fraction of sp³-hybridized carbons (Fsp3) is 0.500. The van der Waals surface area contributed by atoms with Crippen LogP contribution in [-0.4, -0.2) is 49.6 Å². The molecule has 6 heteroatoms. The zero-order chi connectivity index (χ0) is 18.9. The number of nitrogens with one attached hydrogen (secondary N) is 1. The van der Waals surface area contributed by atoms with E-state index in [2.05, 4.69) is 5.32 Å². The first-order valence-electron chi connectivity index (χ1n) is 9.08. The van der Waals surface area contributed by atoms with Gasteiger partial charge in [-0.3, -0.25) is 9.59 Å². The highest BCUT2D eigenvalue weighted by Gasteiger charge is 2.18. The molecule has 2 rings (SSSR count). The number of rotatable bonds is 9. The molecule has 0 atom stereocenters. The van der Waals surface area contributed by atoms with Crippen molar-refractivity contribution in [3.63, 3.8) is 0 Å². The van der Waals surface area contributed by atoms with Gasteiger partial charge in [0.2, 0.25) is 11.8 Å². The van der Waals surface area contributed by atoms with Crippen molar-refractivity contribution >= 4 is 17.9 Å². The highest BCUT2D eigenvalue weighted by molar-refractivity contribution is 5.91. The van der Waals surface area contributed by atoms with Gasteiger partial charge < -0.3 is 19.7 Å². The molecule has 26 heavy (non-hydrogen) atoms. The van der Waals surface area contributed by atoms with E-state index in [0.29, 0.717) is 31.0 Å². The zero-order valence-corrected chi connectivity index (χ0v) is 15.8. The molecule has 1 N–H and O–H groups in total. The van der Waals surface area contributed by atoms with E-state index in [4.69, 9.17) is 9.47 Å². The van der Waals surface area contributed by atoms with Gasteiger partial charge in [0.15, 0.2) is 11.5 Å². The number of hydrogen-bond donors (Lipinski definition) is 1. The largest absolute Gasteiger partial charge is 0.493 e. The molecule has 6 nitrogen and oxygen atoms in total. The minimum atomic E-state index is -0.153. The van der Waals surface area contributed by atoms with Crippen LogP contribution in [0.25, 0.3) is 6.08 Å². The molecule has 0 unspecified atom stereocenters. The Bertz CT molecular complexity index is 655. The molecule has 0 saturated carbocycles. The molecule has 142 valence electrons. The maximum absolute atomic E-state index is 11.9. The van der Waals surface area contributed by atoms with Crippen molar-refractivity contribution in [2.45, 2.75) is 39.2 Å². The number of hydrogen-bond acceptors (Lipinski definition) is 4. The van der Waals surface area contributed by atoms with Crippen LogP contribution in [0.2, 0.25) is 0 Å². The Morgan fingerprint density at radius 2 is 2.15 bits per heavy atom.